The Morgan fingerprint density at radius 1 is 1.55 bits per heavy atom. The van der Waals surface area contributed by atoms with Gasteiger partial charge in [-0.1, -0.05) is 27.4 Å². The number of amides is 1. The van der Waals surface area contributed by atoms with Gasteiger partial charge in [0.05, 0.1) is 0 Å². The van der Waals surface area contributed by atoms with Gasteiger partial charge in [-0.2, -0.15) is 0 Å². The third-order valence-corrected chi connectivity index (χ3v) is 1.92. The molecule has 0 aromatic carbocycles. The van der Waals surface area contributed by atoms with Crippen LogP contribution in [0, 0.1) is 11.8 Å². The predicted molar refractivity (Wildman–Crippen MR) is 47.2 cm³/mol. The fourth-order valence-corrected chi connectivity index (χ4v) is 0.569. The zero-order valence-corrected chi connectivity index (χ0v) is 7.55. The molecule has 0 aliphatic rings. The van der Waals surface area contributed by atoms with Crippen LogP contribution in [0.5, 0.6) is 0 Å². The maximum absolute atomic E-state index is 10.7. The molecule has 1 atom stereocenters. The summed E-state index contributed by atoms with van der Waals surface area (Å²) in [6.45, 7) is 10.5. The molecule has 0 fully saturated rings. The van der Waals surface area contributed by atoms with E-state index in [2.05, 4.69) is 32.7 Å². The lowest BCUT2D eigenvalue weighted by Crippen LogP contribution is -2.28. The van der Waals surface area contributed by atoms with Gasteiger partial charge in [-0.25, -0.2) is 0 Å². The average Bonchev–Trinajstić information content (AvgIpc) is 1.99. The van der Waals surface area contributed by atoms with Crippen LogP contribution in [0.15, 0.2) is 12.7 Å². The van der Waals surface area contributed by atoms with E-state index < -0.39 is 0 Å². The van der Waals surface area contributed by atoms with Crippen molar-refractivity contribution in [3.63, 3.8) is 0 Å². The smallest absolute Gasteiger partial charge is 0.243 e. The van der Waals surface area contributed by atoms with E-state index in [-0.39, 0.29) is 5.91 Å². The molecule has 0 heterocycles. The lowest BCUT2D eigenvalue weighted by atomic mass is 9.98. The molecule has 0 radical (unpaired) electrons. The van der Waals surface area contributed by atoms with Gasteiger partial charge < -0.3 is 5.32 Å². The first-order valence-electron chi connectivity index (χ1n) is 3.98. The molecule has 0 bridgehead atoms. The highest BCUT2D eigenvalue weighted by molar-refractivity contribution is 5.86. The third-order valence-electron chi connectivity index (χ3n) is 1.92. The van der Waals surface area contributed by atoms with Crippen LogP contribution in [0.4, 0.5) is 0 Å². The molecular formula is C9H17NO. The first-order chi connectivity index (χ1) is 5.07. The first kappa shape index (κ1) is 10.2. The molecule has 0 rings (SSSR count). The van der Waals surface area contributed by atoms with E-state index in [1.54, 1.807) is 0 Å². The van der Waals surface area contributed by atoms with E-state index in [9.17, 15) is 4.79 Å². The minimum absolute atomic E-state index is 0.0856. The Kier molecular flexibility index (Phi) is 4.59. The van der Waals surface area contributed by atoms with Gasteiger partial charge in [-0.15, -0.1) is 0 Å². The van der Waals surface area contributed by atoms with E-state index in [1.807, 2.05) is 0 Å². The van der Waals surface area contributed by atoms with E-state index in [0.717, 1.165) is 6.54 Å². The molecule has 11 heavy (non-hydrogen) atoms. The minimum atomic E-state index is -0.0856. The van der Waals surface area contributed by atoms with Crippen molar-refractivity contribution < 1.29 is 4.79 Å². The fourth-order valence-electron chi connectivity index (χ4n) is 0.569. The summed E-state index contributed by atoms with van der Waals surface area (Å²) >= 11 is 0. The second kappa shape index (κ2) is 4.94. The Balaban J connectivity index is 3.53. The summed E-state index contributed by atoms with van der Waals surface area (Å²) in [7, 11) is 0. The molecule has 2 nitrogen and oxygen atoms in total. The third kappa shape index (κ3) is 4.59. The molecule has 1 amide bonds. The molecule has 0 saturated heterocycles. The van der Waals surface area contributed by atoms with Gasteiger partial charge in [-0.05, 0) is 17.9 Å². The summed E-state index contributed by atoms with van der Waals surface area (Å²) in [6, 6.07) is 0. The van der Waals surface area contributed by atoms with Crippen LogP contribution in [0.3, 0.4) is 0 Å². The lowest BCUT2D eigenvalue weighted by molar-refractivity contribution is -0.116. The second-order valence-electron chi connectivity index (χ2n) is 3.17. The summed E-state index contributed by atoms with van der Waals surface area (Å²) in [6.07, 6.45) is 1.30. The molecule has 64 valence electrons. The minimum Gasteiger partial charge on any atom is -0.352 e. The number of carbonyl (C=O) groups excluding carboxylic acids is 1. The monoisotopic (exact) mass is 155 g/mol. The number of carbonyl (C=O) groups is 1. The van der Waals surface area contributed by atoms with Gasteiger partial charge >= 0.3 is 0 Å². The van der Waals surface area contributed by atoms with Gasteiger partial charge in [0.2, 0.25) is 5.91 Å². The Morgan fingerprint density at radius 2 is 2.09 bits per heavy atom. The zero-order valence-electron chi connectivity index (χ0n) is 7.55. The molecule has 1 unspecified atom stereocenters. The Morgan fingerprint density at radius 3 is 2.45 bits per heavy atom. The molecule has 0 aliphatic heterocycles. The van der Waals surface area contributed by atoms with Crippen LogP contribution in [-0.4, -0.2) is 12.5 Å². The lowest BCUT2D eigenvalue weighted by Gasteiger charge is -2.14. The molecule has 0 aliphatic carbocycles. The van der Waals surface area contributed by atoms with Crippen molar-refractivity contribution in [1.29, 1.82) is 0 Å². The molecule has 1 N–H and O–H groups in total. The van der Waals surface area contributed by atoms with Crippen LogP contribution in [0.1, 0.15) is 20.8 Å². The van der Waals surface area contributed by atoms with Crippen LogP contribution in [-0.2, 0) is 4.79 Å². The maximum atomic E-state index is 10.7. The van der Waals surface area contributed by atoms with Crippen LogP contribution < -0.4 is 5.32 Å². The van der Waals surface area contributed by atoms with Crippen molar-refractivity contribution >= 4 is 5.91 Å². The van der Waals surface area contributed by atoms with Crippen molar-refractivity contribution in [2.24, 2.45) is 11.8 Å². The fraction of sp³-hybridized carbons (Fsp3) is 0.667. The summed E-state index contributed by atoms with van der Waals surface area (Å²) in [4.78, 5) is 10.7. The quantitative estimate of drug-likeness (QED) is 0.614. The van der Waals surface area contributed by atoms with Crippen LogP contribution in [0.25, 0.3) is 0 Å². The normalized spacial score (nSPS) is 12.7. The number of nitrogens with one attached hydrogen (secondary N) is 1. The molecule has 2 heteroatoms. The van der Waals surface area contributed by atoms with Crippen molar-refractivity contribution in [3.8, 4) is 0 Å². The predicted octanol–water partition coefficient (Wildman–Crippen LogP) is 1.58. The maximum Gasteiger partial charge on any atom is 0.243 e. The summed E-state index contributed by atoms with van der Waals surface area (Å²) < 4.78 is 0. The topological polar surface area (TPSA) is 29.1 Å². The van der Waals surface area contributed by atoms with Crippen molar-refractivity contribution in [2.45, 2.75) is 20.8 Å². The van der Waals surface area contributed by atoms with E-state index >= 15 is 0 Å². The first-order valence-corrected chi connectivity index (χ1v) is 3.98. The van der Waals surface area contributed by atoms with Gasteiger partial charge in [-0.3, -0.25) is 4.79 Å². The molecule has 0 aromatic rings. The van der Waals surface area contributed by atoms with Gasteiger partial charge in [0, 0.05) is 6.54 Å². The molecular weight excluding hydrogens is 138 g/mol. The summed E-state index contributed by atoms with van der Waals surface area (Å²) in [5.41, 5.74) is 0. The number of hydrogen-bond acceptors (Lipinski definition) is 1. The number of hydrogen-bond donors (Lipinski definition) is 1. The zero-order chi connectivity index (χ0) is 8.85. The van der Waals surface area contributed by atoms with E-state index in [4.69, 9.17) is 0 Å². The second-order valence-corrected chi connectivity index (χ2v) is 3.17. The Hall–Kier alpha value is -0.790. The molecule has 0 saturated carbocycles. The Bertz CT molecular complexity index is 140. The van der Waals surface area contributed by atoms with Gasteiger partial charge in [0.1, 0.15) is 0 Å². The standard InChI is InChI=1S/C9H17NO/c1-5-9(11)10-6-8(4)7(2)3/h5,7-8H,1,6H2,2-4H3,(H,10,11). The number of rotatable bonds is 4. The largest absolute Gasteiger partial charge is 0.352 e. The van der Waals surface area contributed by atoms with Gasteiger partial charge in [0.15, 0.2) is 0 Å². The van der Waals surface area contributed by atoms with Gasteiger partial charge in [0.25, 0.3) is 0 Å². The van der Waals surface area contributed by atoms with Crippen LogP contribution in [0.2, 0.25) is 0 Å². The molecule has 0 aromatic heterocycles. The highest BCUT2D eigenvalue weighted by Crippen LogP contribution is 2.07. The summed E-state index contributed by atoms with van der Waals surface area (Å²) in [5.74, 6) is 1.05. The molecule has 0 spiro atoms. The highest BCUT2D eigenvalue weighted by atomic mass is 16.1. The van der Waals surface area contributed by atoms with E-state index in [0.29, 0.717) is 11.8 Å². The van der Waals surface area contributed by atoms with Crippen molar-refractivity contribution in [1.82, 2.24) is 5.32 Å². The van der Waals surface area contributed by atoms with Crippen LogP contribution >= 0.6 is 0 Å². The summed E-state index contributed by atoms with van der Waals surface area (Å²) in [5, 5.41) is 2.76. The van der Waals surface area contributed by atoms with Crippen molar-refractivity contribution in [2.75, 3.05) is 6.54 Å². The highest BCUT2D eigenvalue weighted by Gasteiger charge is 2.06. The SMILES string of the molecule is C=CC(=O)NCC(C)C(C)C. The van der Waals surface area contributed by atoms with E-state index in [1.165, 1.54) is 6.08 Å². The van der Waals surface area contributed by atoms with Crippen molar-refractivity contribution in [3.05, 3.63) is 12.7 Å². The Labute approximate surface area is 68.7 Å². The average molecular weight is 155 g/mol.